The number of halogens is 2. The van der Waals surface area contributed by atoms with E-state index in [1.165, 1.54) is 41.1 Å². The predicted octanol–water partition coefficient (Wildman–Crippen LogP) is 2.47. The summed E-state index contributed by atoms with van der Waals surface area (Å²) in [5.74, 6) is -1.08. The van der Waals surface area contributed by atoms with Crippen molar-refractivity contribution in [1.29, 1.82) is 0 Å². The number of hydrogen-bond donors (Lipinski definition) is 1. The average molecular weight is 382 g/mol. The number of hydrogen-bond acceptors (Lipinski definition) is 5. The molecule has 1 aromatic carbocycles. The quantitative estimate of drug-likeness (QED) is 0.795. The predicted molar refractivity (Wildman–Crippen MR) is 93.5 cm³/mol. The SMILES string of the molecule is CCn1ncc(NC(=O)c2ccc(OC(F)F)c(OC)c2)c1C(=O)N(C)C. The maximum absolute atomic E-state index is 12.5. The topological polar surface area (TPSA) is 85.7 Å². The highest BCUT2D eigenvalue weighted by atomic mass is 19.3. The van der Waals surface area contributed by atoms with Crippen LogP contribution < -0.4 is 14.8 Å². The molecule has 0 saturated carbocycles. The Hall–Kier alpha value is -3.17. The van der Waals surface area contributed by atoms with E-state index < -0.39 is 12.5 Å². The van der Waals surface area contributed by atoms with Gasteiger partial charge < -0.3 is 19.7 Å². The second kappa shape index (κ2) is 8.47. The number of methoxy groups -OCH3 is 1. The Kier molecular flexibility index (Phi) is 6.32. The molecule has 0 radical (unpaired) electrons. The Labute approximate surface area is 154 Å². The molecule has 1 N–H and O–H groups in total. The van der Waals surface area contributed by atoms with Crippen LogP contribution in [0.1, 0.15) is 27.8 Å². The van der Waals surface area contributed by atoms with E-state index in [0.29, 0.717) is 6.54 Å². The number of aryl methyl sites for hydroxylation is 1. The van der Waals surface area contributed by atoms with E-state index in [1.807, 2.05) is 6.92 Å². The Balaban J connectivity index is 2.30. The fraction of sp³-hybridized carbons (Fsp3) is 0.353. The molecule has 0 aliphatic rings. The first-order valence-corrected chi connectivity index (χ1v) is 8.00. The van der Waals surface area contributed by atoms with Crippen molar-refractivity contribution in [2.24, 2.45) is 0 Å². The van der Waals surface area contributed by atoms with Crippen LogP contribution in [-0.2, 0) is 6.54 Å². The molecule has 10 heteroatoms. The third-order valence-corrected chi connectivity index (χ3v) is 3.64. The van der Waals surface area contributed by atoms with Crippen molar-refractivity contribution in [2.45, 2.75) is 20.1 Å². The molecule has 2 rings (SSSR count). The van der Waals surface area contributed by atoms with Gasteiger partial charge in [-0.1, -0.05) is 0 Å². The molecule has 0 spiro atoms. The van der Waals surface area contributed by atoms with Crippen LogP contribution in [0, 0.1) is 0 Å². The average Bonchev–Trinajstić information content (AvgIpc) is 3.03. The lowest BCUT2D eigenvalue weighted by molar-refractivity contribution is -0.0512. The minimum atomic E-state index is -3.02. The number of rotatable bonds is 7. The lowest BCUT2D eigenvalue weighted by atomic mass is 10.2. The molecule has 0 aliphatic heterocycles. The van der Waals surface area contributed by atoms with E-state index in [1.54, 1.807) is 14.1 Å². The number of nitrogens with one attached hydrogen (secondary N) is 1. The summed E-state index contributed by atoms with van der Waals surface area (Å²) in [6.45, 7) is -0.756. The minimum Gasteiger partial charge on any atom is -0.493 e. The molecular formula is C17H20F2N4O4. The van der Waals surface area contributed by atoms with Crippen molar-refractivity contribution in [3.05, 3.63) is 35.7 Å². The standard InChI is InChI=1S/C17H20F2N4O4/c1-5-23-14(16(25)22(2)3)11(9-20-23)21-15(24)10-6-7-12(27-17(18)19)13(8-10)26-4/h6-9,17H,5H2,1-4H3,(H,21,24). The van der Waals surface area contributed by atoms with Crippen molar-refractivity contribution >= 4 is 17.5 Å². The van der Waals surface area contributed by atoms with E-state index in [-0.39, 0.29) is 34.4 Å². The van der Waals surface area contributed by atoms with E-state index in [9.17, 15) is 18.4 Å². The van der Waals surface area contributed by atoms with Gasteiger partial charge >= 0.3 is 6.61 Å². The van der Waals surface area contributed by atoms with Gasteiger partial charge in [0.2, 0.25) is 0 Å². The summed E-state index contributed by atoms with van der Waals surface area (Å²) in [4.78, 5) is 26.3. The Morgan fingerprint density at radius 3 is 2.56 bits per heavy atom. The molecular weight excluding hydrogens is 362 g/mol. The molecule has 2 amide bonds. The maximum Gasteiger partial charge on any atom is 0.387 e. The molecule has 0 unspecified atom stereocenters. The number of alkyl halides is 2. The van der Waals surface area contributed by atoms with Gasteiger partial charge in [0.05, 0.1) is 19.0 Å². The lowest BCUT2D eigenvalue weighted by Crippen LogP contribution is -2.26. The van der Waals surface area contributed by atoms with E-state index >= 15 is 0 Å². The number of amides is 2. The summed E-state index contributed by atoms with van der Waals surface area (Å²) >= 11 is 0. The molecule has 0 atom stereocenters. The second-order valence-corrected chi connectivity index (χ2v) is 5.62. The van der Waals surface area contributed by atoms with Gasteiger partial charge in [0.25, 0.3) is 11.8 Å². The van der Waals surface area contributed by atoms with Gasteiger partial charge in [0, 0.05) is 26.2 Å². The van der Waals surface area contributed by atoms with Crippen molar-refractivity contribution in [3.8, 4) is 11.5 Å². The van der Waals surface area contributed by atoms with Gasteiger partial charge in [0.15, 0.2) is 11.5 Å². The van der Waals surface area contributed by atoms with Crippen LogP contribution in [0.4, 0.5) is 14.5 Å². The van der Waals surface area contributed by atoms with Crippen LogP contribution in [-0.4, -0.2) is 54.3 Å². The number of nitrogens with zero attached hydrogens (tertiary/aromatic N) is 3. The number of ether oxygens (including phenoxy) is 2. The van der Waals surface area contributed by atoms with E-state index in [2.05, 4.69) is 15.2 Å². The molecule has 0 fully saturated rings. The van der Waals surface area contributed by atoms with Crippen molar-refractivity contribution < 1.29 is 27.8 Å². The zero-order valence-electron chi connectivity index (χ0n) is 15.3. The van der Waals surface area contributed by atoms with Crippen LogP contribution in [0.15, 0.2) is 24.4 Å². The zero-order valence-corrected chi connectivity index (χ0v) is 15.3. The van der Waals surface area contributed by atoms with Gasteiger partial charge in [0.1, 0.15) is 5.69 Å². The van der Waals surface area contributed by atoms with Crippen LogP contribution in [0.5, 0.6) is 11.5 Å². The summed E-state index contributed by atoms with van der Waals surface area (Å²) in [6.07, 6.45) is 1.38. The molecule has 1 heterocycles. The van der Waals surface area contributed by atoms with Crippen LogP contribution in [0.25, 0.3) is 0 Å². The first kappa shape index (κ1) is 20.1. The summed E-state index contributed by atoms with van der Waals surface area (Å²) in [6, 6.07) is 3.79. The number of carbonyl (C=O) groups excluding carboxylic acids is 2. The highest BCUT2D eigenvalue weighted by Gasteiger charge is 2.22. The number of carbonyl (C=O) groups is 2. The Morgan fingerprint density at radius 1 is 1.30 bits per heavy atom. The largest absolute Gasteiger partial charge is 0.493 e. The summed E-state index contributed by atoms with van der Waals surface area (Å²) in [7, 11) is 4.45. The number of anilines is 1. The first-order chi connectivity index (χ1) is 12.8. The van der Waals surface area contributed by atoms with E-state index in [4.69, 9.17) is 4.74 Å². The van der Waals surface area contributed by atoms with Crippen molar-refractivity contribution in [1.82, 2.24) is 14.7 Å². The third-order valence-electron chi connectivity index (χ3n) is 3.64. The van der Waals surface area contributed by atoms with Gasteiger partial charge in [-0.2, -0.15) is 13.9 Å². The smallest absolute Gasteiger partial charge is 0.387 e. The normalized spacial score (nSPS) is 10.6. The molecule has 0 saturated heterocycles. The molecule has 146 valence electrons. The van der Waals surface area contributed by atoms with E-state index in [0.717, 1.165) is 0 Å². The summed E-state index contributed by atoms with van der Waals surface area (Å²) in [5, 5.41) is 6.71. The Morgan fingerprint density at radius 2 is 2.00 bits per heavy atom. The minimum absolute atomic E-state index is 0.0169. The molecule has 0 aliphatic carbocycles. The molecule has 0 bridgehead atoms. The summed E-state index contributed by atoms with van der Waals surface area (Å²) < 4.78 is 35.6. The van der Waals surface area contributed by atoms with Crippen LogP contribution in [0.3, 0.4) is 0 Å². The number of aromatic nitrogens is 2. The fourth-order valence-electron chi connectivity index (χ4n) is 2.35. The van der Waals surface area contributed by atoms with Crippen molar-refractivity contribution in [2.75, 3.05) is 26.5 Å². The summed E-state index contributed by atoms with van der Waals surface area (Å²) in [5.41, 5.74) is 0.619. The van der Waals surface area contributed by atoms with Crippen LogP contribution in [0.2, 0.25) is 0 Å². The molecule has 2 aromatic rings. The zero-order chi connectivity index (χ0) is 20.1. The highest BCUT2D eigenvalue weighted by Crippen LogP contribution is 2.30. The Bertz CT molecular complexity index is 836. The molecule has 1 aromatic heterocycles. The van der Waals surface area contributed by atoms with Gasteiger partial charge in [-0.25, -0.2) is 0 Å². The second-order valence-electron chi connectivity index (χ2n) is 5.62. The maximum atomic E-state index is 12.5. The monoisotopic (exact) mass is 382 g/mol. The number of benzene rings is 1. The highest BCUT2D eigenvalue weighted by molar-refractivity contribution is 6.08. The van der Waals surface area contributed by atoms with Gasteiger partial charge in [-0.05, 0) is 25.1 Å². The molecule has 27 heavy (non-hydrogen) atoms. The molecule has 8 nitrogen and oxygen atoms in total. The van der Waals surface area contributed by atoms with Gasteiger partial charge in [-0.3, -0.25) is 14.3 Å². The first-order valence-electron chi connectivity index (χ1n) is 8.00. The fourth-order valence-corrected chi connectivity index (χ4v) is 2.35. The van der Waals surface area contributed by atoms with Crippen molar-refractivity contribution in [3.63, 3.8) is 0 Å². The van der Waals surface area contributed by atoms with Crippen LogP contribution >= 0.6 is 0 Å². The lowest BCUT2D eigenvalue weighted by Gasteiger charge is -2.14. The third kappa shape index (κ3) is 4.52. The van der Waals surface area contributed by atoms with Gasteiger partial charge in [-0.15, -0.1) is 0 Å².